The summed E-state index contributed by atoms with van der Waals surface area (Å²) in [6, 6.07) is 0.143. The molecule has 0 unspecified atom stereocenters. The normalized spacial score (nSPS) is 10.8. The molecule has 0 aliphatic rings. The number of benzene rings is 1. The minimum atomic E-state index is -1.49. The fourth-order valence-corrected chi connectivity index (χ4v) is 1.49. The molecule has 1 aromatic heterocycles. The fraction of sp³-hybridized carbons (Fsp3) is 0. The van der Waals surface area contributed by atoms with E-state index >= 15 is 0 Å². The van der Waals surface area contributed by atoms with Crippen LogP contribution in [0, 0.1) is 28.0 Å². The molecule has 1 heterocycles. The summed E-state index contributed by atoms with van der Waals surface area (Å²) in [7, 11) is 0. The van der Waals surface area contributed by atoms with Crippen LogP contribution < -0.4 is 0 Å². The van der Waals surface area contributed by atoms with Gasteiger partial charge in [0.2, 0.25) is 0 Å². The maximum absolute atomic E-state index is 13.3. The van der Waals surface area contributed by atoms with Crippen LogP contribution in [0.4, 0.5) is 17.6 Å². The Kier molecular flexibility index (Phi) is 2.55. The Hall–Kier alpha value is -1.63. The molecular weight excluding hydrogens is 244 g/mol. The van der Waals surface area contributed by atoms with E-state index < -0.39 is 29.0 Å². The lowest BCUT2D eigenvalue weighted by molar-refractivity contribution is 0.447. The van der Waals surface area contributed by atoms with Crippen LogP contribution in [0.1, 0.15) is 0 Å². The highest BCUT2D eigenvalue weighted by Gasteiger charge is 2.20. The van der Waals surface area contributed by atoms with Gasteiger partial charge in [-0.1, -0.05) is 0 Å². The van der Waals surface area contributed by atoms with Crippen molar-refractivity contribution in [3.63, 3.8) is 0 Å². The van der Waals surface area contributed by atoms with Gasteiger partial charge in [0.1, 0.15) is 5.69 Å². The summed E-state index contributed by atoms with van der Waals surface area (Å²) in [5.74, 6) is -5.93. The molecule has 0 saturated heterocycles. The van der Waals surface area contributed by atoms with E-state index in [2.05, 4.69) is 4.98 Å². The molecule has 2 nitrogen and oxygen atoms in total. The Morgan fingerprint density at radius 1 is 1.06 bits per heavy atom. The number of H-pyrrole nitrogens is 1. The van der Waals surface area contributed by atoms with Crippen molar-refractivity contribution in [3.8, 4) is 5.69 Å². The summed E-state index contributed by atoms with van der Waals surface area (Å²) in [5.41, 5.74) is -0.872. The Bertz CT molecular complexity index is 576. The van der Waals surface area contributed by atoms with Gasteiger partial charge in [-0.15, -0.1) is 0 Å². The highest BCUT2D eigenvalue weighted by Crippen LogP contribution is 2.23. The molecule has 2 aromatic rings. The summed E-state index contributed by atoms with van der Waals surface area (Å²) >= 11 is 4.70. The average Bonchev–Trinajstić information content (AvgIpc) is 2.63. The van der Waals surface area contributed by atoms with Crippen molar-refractivity contribution in [2.45, 2.75) is 0 Å². The molecule has 2 rings (SSSR count). The second-order valence-corrected chi connectivity index (χ2v) is 3.34. The van der Waals surface area contributed by atoms with Crippen LogP contribution in [0.5, 0.6) is 0 Å². The van der Waals surface area contributed by atoms with Gasteiger partial charge in [-0.2, -0.15) is 0 Å². The number of rotatable bonds is 1. The van der Waals surface area contributed by atoms with Crippen molar-refractivity contribution in [2.75, 3.05) is 0 Å². The third-order valence-electron chi connectivity index (χ3n) is 1.98. The predicted octanol–water partition coefficient (Wildman–Crippen LogP) is 3.09. The van der Waals surface area contributed by atoms with Gasteiger partial charge < -0.3 is 4.98 Å². The van der Waals surface area contributed by atoms with E-state index in [9.17, 15) is 17.6 Å². The number of imidazole rings is 1. The highest BCUT2D eigenvalue weighted by molar-refractivity contribution is 7.71. The molecule has 0 bridgehead atoms. The quantitative estimate of drug-likeness (QED) is 0.467. The number of nitrogens with one attached hydrogen (secondary N) is 1. The Morgan fingerprint density at radius 3 is 2.06 bits per heavy atom. The van der Waals surface area contributed by atoms with Gasteiger partial charge in [-0.3, -0.25) is 4.57 Å². The molecule has 7 heteroatoms. The first-order valence-corrected chi connectivity index (χ1v) is 4.52. The Morgan fingerprint density at radius 2 is 1.62 bits per heavy atom. The molecule has 0 aliphatic heterocycles. The van der Waals surface area contributed by atoms with Gasteiger partial charge in [0.05, 0.1) is 0 Å². The van der Waals surface area contributed by atoms with Gasteiger partial charge in [0, 0.05) is 18.5 Å². The monoisotopic (exact) mass is 248 g/mol. The lowest BCUT2D eigenvalue weighted by Gasteiger charge is -2.07. The lowest BCUT2D eigenvalue weighted by atomic mass is 10.2. The van der Waals surface area contributed by atoms with Crippen LogP contribution in [0.2, 0.25) is 0 Å². The van der Waals surface area contributed by atoms with E-state index in [1.165, 1.54) is 12.4 Å². The molecule has 0 amide bonds. The second-order valence-electron chi connectivity index (χ2n) is 2.95. The zero-order valence-corrected chi connectivity index (χ0v) is 8.42. The number of nitrogens with zero attached hydrogens (tertiary/aromatic N) is 1. The highest BCUT2D eigenvalue weighted by atomic mass is 32.1. The van der Waals surface area contributed by atoms with Crippen LogP contribution in [0.3, 0.4) is 0 Å². The molecule has 16 heavy (non-hydrogen) atoms. The Labute approximate surface area is 92.1 Å². The zero-order valence-electron chi connectivity index (χ0n) is 7.60. The van der Waals surface area contributed by atoms with Crippen molar-refractivity contribution < 1.29 is 17.6 Å². The van der Waals surface area contributed by atoms with Crippen molar-refractivity contribution >= 4 is 12.2 Å². The first-order chi connectivity index (χ1) is 7.52. The minimum absolute atomic E-state index is 0.0669. The SMILES string of the molecule is Fc1cc(F)c(F)c(-n2cc[nH]c2=S)c1F. The zero-order chi connectivity index (χ0) is 11.9. The number of aromatic amines is 1. The molecular formula is C9H4F4N2S. The van der Waals surface area contributed by atoms with E-state index in [0.717, 1.165) is 4.57 Å². The van der Waals surface area contributed by atoms with Gasteiger partial charge in [-0.05, 0) is 12.2 Å². The molecule has 0 radical (unpaired) electrons. The molecule has 84 valence electrons. The topological polar surface area (TPSA) is 20.7 Å². The fourth-order valence-electron chi connectivity index (χ4n) is 1.27. The lowest BCUT2D eigenvalue weighted by Crippen LogP contribution is -2.05. The standard InChI is InChI=1S/C9H4F4N2S/c10-4-3-5(11)7(13)8(6(4)12)15-2-1-14-9(15)16/h1-3H,(H,14,16). The minimum Gasteiger partial charge on any atom is -0.337 e. The number of hydrogen-bond acceptors (Lipinski definition) is 1. The molecule has 0 aliphatic carbocycles. The third kappa shape index (κ3) is 1.53. The van der Waals surface area contributed by atoms with Gasteiger partial charge in [0.25, 0.3) is 0 Å². The van der Waals surface area contributed by atoms with E-state index in [0.29, 0.717) is 0 Å². The van der Waals surface area contributed by atoms with Crippen LogP contribution >= 0.6 is 12.2 Å². The van der Waals surface area contributed by atoms with Gasteiger partial charge >= 0.3 is 0 Å². The van der Waals surface area contributed by atoms with E-state index in [4.69, 9.17) is 12.2 Å². The predicted molar refractivity (Wildman–Crippen MR) is 50.8 cm³/mol. The maximum Gasteiger partial charge on any atom is 0.186 e. The van der Waals surface area contributed by atoms with Crippen molar-refractivity contribution in [2.24, 2.45) is 0 Å². The molecule has 0 saturated carbocycles. The largest absolute Gasteiger partial charge is 0.337 e. The van der Waals surface area contributed by atoms with Crippen LogP contribution in [-0.4, -0.2) is 9.55 Å². The number of halogens is 4. The van der Waals surface area contributed by atoms with Gasteiger partial charge in [-0.25, -0.2) is 17.6 Å². The van der Waals surface area contributed by atoms with Crippen molar-refractivity contribution in [1.82, 2.24) is 9.55 Å². The summed E-state index contributed by atoms with van der Waals surface area (Å²) in [4.78, 5) is 2.46. The summed E-state index contributed by atoms with van der Waals surface area (Å²) in [6.07, 6.45) is 2.47. The first kappa shape index (κ1) is 10.9. The molecule has 0 spiro atoms. The summed E-state index contributed by atoms with van der Waals surface area (Å²) in [6.45, 7) is 0. The van der Waals surface area contributed by atoms with Crippen molar-refractivity contribution in [3.05, 3.63) is 46.5 Å². The maximum atomic E-state index is 13.3. The molecule has 0 atom stereocenters. The second kappa shape index (κ2) is 3.75. The molecule has 1 N–H and O–H groups in total. The van der Waals surface area contributed by atoms with E-state index in [-0.39, 0.29) is 10.8 Å². The average molecular weight is 248 g/mol. The summed E-state index contributed by atoms with van der Waals surface area (Å²) < 4.78 is 53.2. The number of hydrogen-bond donors (Lipinski definition) is 1. The van der Waals surface area contributed by atoms with Crippen LogP contribution in [0.25, 0.3) is 5.69 Å². The van der Waals surface area contributed by atoms with Crippen LogP contribution in [-0.2, 0) is 0 Å². The van der Waals surface area contributed by atoms with Gasteiger partial charge in [0.15, 0.2) is 28.0 Å². The van der Waals surface area contributed by atoms with E-state index in [1.807, 2.05) is 0 Å². The smallest absolute Gasteiger partial charge is 0.186 e. The third-order valence-corrected chi connectivity index (χ3v) is 2.29. The summed E-state index contributed by atoms with van der Waals surface area (Å²) in [5, 5.41) is 0. The number of aromatic nitrogens is 2. The molecule has 0 fully saturated rings. The van der Waals surface area contributed by atoms with Crippen molar-refractivity contribution in [1.29, 1.82) is 0 Å². The Balaban J connectivity index is 2.84. The first-order valence-electron chi connectivity index (χ1n) is 4.11. The molecule has 1 aromatic carbocycles. The van der Waals surface area contributed by atoms with E-state index in [1.54, 1.807) is 0 Å². The van der Waals surface area contributed by atoms with Crippen LogP contribution in [0.15, 0.2) is 18.5 Å².